The predicted octanol–water partition coefficient (Wildman–Crippen LogP) is 3.61. The van der Waals surface area contributed by atoms with Crippen LogP contribution in [0.25, 0.3) is 22.4 Å². The van der Waals surface area contributed by atoms with Crippen molar-refractivity contribution >= 4 is 40.0 Å². The second-order valence-corrected chi connectivity index (χ2v) is 7.23. The van der Waals surface area contributed by atoms with E-state index in [0.29, 0.717) is 22.2 Å². The van der Waals surface area contributed by atoms with Gasteiger partial charge in [-0.15, -0.1) is 0 Å². The van der Waals surface area contributed by atoms with Crippen LogP contribution in [-0.4, -0.2) is 22.7 Å². The SMILES string of the molecule is CC(=O)Nc1ccccc1N1C(=O)c2ccc(-c3nc4ccccc4c(=O)o3)cc2C1=O. The summed E-state index contributed by atoms with van der Waals surface area (Å²) in [7, 11) is 0. The zero-order valence-electron chi connectivity index (χ0n) is 16.8. The van der Waals surface area contributed by atoms with Crippen molar-refractivity contribution in [1.82, 2.24) is 4.98 Å². The van der Waals surface area contributed by atoms with Crippen LogP contribution in [0.1, 0.15) is 27.6 Å². The van der Waals surface area contributed by atoms with E-state index in [1.165, 1.54) is 19.1 Å². The highest BCUT2D eigenvalue weighted by molar-refractivity contribution is 6.35. The number of imide groups is 1. The number of fused-ring (bicyclic) bond motifs is 2. The summed E-state index contributed by atoms with van der Waals surface area (Å²) in [6, 6.07) is 17.9. The van der Waals surface area contributed by atoms with E-state index in [2.05, 4.69) is 10.3 Å². The zero-order valence-corrected chi connectivity index (χ0v) is 16.8. The summed E-state index contributed by atoms with van der Waals surface area (Å²) >= 11 is 0. The molecule has 156 valence electrons. The number of aromatic nitrogens is 1. The maximum Gasteiger partial charge on any atom is 0.347 e. The highest BCUT2D eigenvalue weighted by atomic mass is 16.4. The van der Waals surface area contributed by atoms with Gasteiger partial charge in [-0.2, -0.15) is 0 Å². The van der Waals surface area contributed by atoms with E-state index >= 15 is 0 Å². The van der Waals surface area contributed by atoms with E-state index < -0.39 is 17.4 Å². The molecule has 5 rings (SSSR count). The molecule has 0 fully saturated rings. The van der Waals surface area contributed by atoms with Crippen LogP contribution in [0, 0.1) is 0 Å². The van der Waals surface area contributed by atoms with Crippen molar-refractivity contribution in [3.05, 3.63) is 88.3 Å². The Morgan fingerprint density at radius 1 is 0.906 bits per heavy atom. The quantitative estimate of drug-likeness (QED) is 0.502. The minimum atomic E-state index is -0.548. The number of carbonyl (C=O) groups is 3. The minimum Gasteiger partial charge on any atom is -0.403 e. The predicted molar refractivity (Wildman–Crippen MR) is 118 cm³/mol. The third-order valence-electron chi connectivity index (χ3n) is 5.12. The van der Waals surface area contributed by atoms with Gasteiger partial charge >= 0.3 is 5.63 Å². The Morgan fingerprint density at radius 3 is 2.44 bits per heavy atom. The molecule has 0 aliphatic carbocycles. The lowest BCUT2D eigenvalue weighted by molar-refractivity contribution is -0.114. The number of hydrogen-bond donors (Lipinski definition) is 1. The van der Waals surface area contributed by atoms with Crippen LogP contribution < -0.4 is 15.8 Å². The Bertz CT molecular complexity index is 1510. The summed E-state index contributed by atoms with van der Waals surface area (Å²) in [6.07, 6.45) is 0. The topological polar surface area (TPSA) is 110 Å². The average molecular weight is 425 g/mol. The van der Waals surface area contributed by atoms with Crippen molar-refractivity contribution in [2.45, 2.75) is 6.92 Å². The van der Waals surface area contributed by atoms with Crippen LogP contribution in [0.15, 0.2) is 75.9 Å². The first-order valence-electron chi connectivity index (χ1n) is 9.74. The highest BCUT2D eigenvalue weighted by Gasteiger charge is 2.38. The van der Waals surface area contributed by atoms with Crippen LogP contribution in [0.2, 0.25) is 0 Å². The lowest BCUT2D eigenvalue weighted by Gasteiger charge is -2.18. The number of rotatable bonds is 3. The van der Waals surface area contributed by atoms with Gasteiger partial charge in [0.2, 0.25) is 11.8 Å². The molecule has 1 aromatic heterocycles. The summed E-state index contributed by atoms with van der Waals surface area (Å²) in [5, 5.41) is 2.99. The molecule has 3 amide bonds. The molecule has 0 atom stereocenters. The molecular weight excluding hydrogens is 410 g/mol. The smallest absolute Gasteiger partial charge is 0.347 e. The van der Waals surface area contributed by atoms with E-state index in [-0.39, 0.29) is 28.6 Å². The van der Waals surface area contributed by atoms with Gasteiger partial charge in [0.1, 0.15) is 0 Å². The van der Waals surface area contributed by atoms with Gasteiger partial charge in [-0.05, 0) is 42.5 Å². The van der Waals surface area contributed by atoms with Crippen LogP contribution >= 0.6 is 0 Å². The molecule has 1 aliphatic rings. The molecular formula is C24H15N3O5. The molecule has 0 saturated carbocycles. The number of para-hydroxylation sites is 3. The van der Waals surface area contributed by atoms with E-state index in [1.807, 2.05) is 0 Å². The van der Waals surface area contributed by atoms with E-state index in [0.717, 1.165) is 4.90 Å². The van der Waals surface area contributed by atoms with Gasteiger partial charge in [0.05, 0.1) is 33.4 Å². The standard InChI is InChI=1S/C24H15N3O5/c1-13(28)25-19-8-4-5-9-20(19)27-22(29)15-11-10-14(12-17(15)23(27)30)21-26-18-7-3-2-6-16(18)24(31)32-21/h2-12H,1H3,(H,25,28). The third-order valence-corrected chi connectivity index (χ3v) is 5.12. The number of nitrogens with zero attached hydrogens (tertiary/aromatic N) is 2. The Labute approximate surface area is 181 Å². The molecule has 0 spiro atoms. The molecule has 1 aliphatic heterocycles. The normalized spacial score (nSPS) is 12.8. The fourth-order valence-corrected chi connectivity index (χ4v) is 3.70. The Balaban J connectivity index is 1.59. The Kier molecular flexibility index (Phi) is 4.41. The molecule has 4 aromatic rings. The second kappa shape index (κ2) is 7.28. The van der Waals surface area contributed by atoms with Crippen molar-refractivity contribution in [3.8, 4) is 11.5 Å². The molecule has 3 aromatic carbocycles. The lowest BCUT2D eigenvalue weighted by Crippen LogP contribution is -2.30. The van der Waals surface area contributed by atoms with E-state index in [1.54, 1.807) is 54.6 Å². The Hall–Kier alpha value is -4.59. The molecule has 8 heteroatoms. The van der Waals surface area contributed by atoms with Crippen LogP contribution in [0.4, 0.5) is 11.4 Å². The first-order chi connectivity index (χ1) is 15.4. The van der Waals surface area contributed by atoms with Crippen molar-refractivity contribution in [2.24, 2.45) is 0 Å². The van der Waals surface area contributed by atoms with Gasteiger partial charge in [0.25, 0.3) is 11.8 Å². The third kappa shape index (κ3) is 3.05. The van der Waals surface area contributed by atoms with Gasteiger partial charge in [0.15, 0.2) is 0 Å². The van der Waals surface area contributed by atoms with Crippen molar-refractivity contribution in [1.29, 1.82) is 0 Å². The molecule has 8 nitrogen and oxygen atoms in total. The van der Waals surface area contributed by atoms with Crippen molar-refractivity contribution < 1.29 is 18.8 Å². The number of anilines is 2. The van der Waals surface area contributed by atoms with Gasteiger partial charge < -0.3 is 9.73 Å². The highest BCUT2D eigenvalue weighted by Crippen LogP contribution is 2.35. The zero-order chi connectivity index (χ0) is 22.4. The summed E-state index contributed by atoms with van der Waals surface area (Å²) in [4.78, 5) is 55.5. The molecule has 0 bridgehead atoms. The van der Waals surface area contributed by atoms with Gasteiger partial charge in [-0.25, -0.2) is 14.7 Å². The van der Waals surface area contributed by atoms with E-state index in [9.17, 15) is 19.2 Å². The van der Waals surface area contributed by atoms with Gasteiger partial charge in [0, 0.05) is 12.5 Å². The van der Waals surface area contributed by atoms with Gasteiger partial charge in [-0.1, -0.05) is 24.3 Å². The lowest BCUT2D eigenvalue weighted by atomic mass is 10.1. The van der Waals surface area contributed by atoms with Crippen molar-refractivity contribution in [3.63, 3.8) is 0 Å². The number of amides is 3. The number of carbonyl (C=O) groups excluding carboxylic acids is 3. The Morgan fingerprint density at radius 2 is 1.62 bits per heavy atom. The maximum atomic E-state index is 13.2. The number of nitrogens with one attached hydrogen (secondary N) is 1. The van der Waals surface area contributed by atoms with Gasteiger partial charge in [-0.3, -0.25) is 14.4 Å². The fraction of sp³-hybridized carbons (Fsp3) is 0.0417. The molecule has 1 N–H and O–H groups in total. The fourth-order valence-electron chi connectivity index (χ4n) is 3.70. The summed E-state index contributed by atoms with van der Waals surface area (Å²) < 4.78 is 5.35. The second-order valence-electron chi connectivity index (χ2n) is 7.23. The van der Waals surface area contributed by atoms with Crippen LogP contribution in [0.5, 0.6) is 0 Å². The molecule has 0 radical (unpaired) electrons. The molecule has 32 heavy (non-hydrogen) atoms. The van der Waals surface area contributed by atoms with Crippen LogP contribution in [0.3, 0.4) is 0 Å². The summed E-state index contributed by atoms with van der Waals surface area (Å²) in [5.41, 5.74) is 1.29. The first-order valence-corrected chi connectivity index (χ1v) is 9.74. The van der Waals surface area contributed by atoms with Crippen molar-refractivity contribution in [2.75, 3.05) is 10.2 Å². The monoisotopic (exact) mass is 425 g/mol. The van der Waals surface area contributed by atoms with Crippen LogP contribution in [-0.2, 0) is 4.79 Å². The van der Waals surface area contributed by atoms with E-state index in [4.69, 9.17) is 4.42 Å². The summed E-state index contributed by atoms with van der Waals surface area (Å²) in [6.45, 7) is 1.34. The maximum absolute atomic E-state index is 13.2. The number of benzene rings is 3. The first kappa shape index (κ1) is 19.4. The minimum absolute atomic E-state index is 0.0499. The number of hydrogen-bond acceptors (Lipinski definition) is 6. The largest absolute Gasteiger partial charge is 0.403 e. The average Bonchev–Trinajstić information content (AvgIpc) is 3.03. The molecule has 0 unspecified atom stereocenters. The summed E-state index contributed by atoms with van der Waals surface area (Å²) in [5.74, 6) is -1.34. The molecule has 2 heterocycles. The molecule has 0 saturated heterocycles.